The molecule has 0 spiro atoms. The molecule has 1 aliphatic heterocycles. The molecule has 1 aliphatic carbocycles. The predicted molar refractivity (Wildman–Crippen MR) is 84.0 cm³/mol. The quantitative estimate of drug-likeness (QED) is 0.763. The smallest absolute Gasteiger partial charge is 0.243 e. The number of benzene rings is 1. The van der Waals surface area contributed by atoms with E-state index in [2.05, 4.69) is 0 Å². The Morgan fingerprint density at radius 1 is 1.00 bits per heavy atom. The van der Waals surface area contributed by atoms with Crippen molar-refractivity contribution < 1.29 is 21.6 Å². The molecule has 128 valence electrons. The zero-order valence-corrected chi connectivity index (χ0v) is 14.5. The van der Waals surface area contributed by atoms with Crippen molar-refractivity contribution in [3.63, 3.8) is 0 Å². The van der Waals surface area contributed by atoms with Gasteiger partial charge in [0.05, 0.1) is 23.0 Å². The first kappa shape index (κ1) is 16.8. The van der Waals surface area contributed by atoms with E-state index < -0.39 is 20.0 Å². The molecule has 0 aromatic heterocycles. The summed E-state index contributed by atoms with van der Waals surface area (Å²) in [4.78, 5) is 0.222. The summed E-state index contributed by atoms with van der Waals surface area (Å²) in [5.74, 6) is 0. The zero-order valence-electron chi connectivity index (χ0n) is 12.9. The molecule has 1 heterocycles. The third kappa shape index (κ3) is 3.29. The molecule has 0 amide bonds. The van der Waals surface area contributed by atoms with Crippen molar-refractivity contribution in [1.82, 2.24) is 8.61 Å². The first-order valence-electron chi connectivity index (χ1n) is 7.49. The first-order valence-corrected chi connectivity index (χ1v) is 10.4. The molecule has 1 saturated heterocycles. The lowest BCUT2D eigenvalue weighted by Crippen LogP contribution is -2.40. The van der Waals surface area contributed by atoms with Gasteiger partial charge in [-0.3, -0.25) is 0 Å². The molecule has 0 bridgehead atoms. The minimum absolute atomic E-state index is 0.0664. The van der Waals surface area contributed by atoms with Crippen molar-refractivity contribution >= 4 is 20.0 Å². The third-order valence-corrected chi connectivity index (χ3v) is 8.01. The molecule has 2 aliphatic rings. The van der Waals surface area contributed by atoms with Gasteiger partial charge in [0, 0.05) is 26.2 Å². The molecule has 9 heteroatoms. The van der Waals surface area contributed by atoms with Crippen LogP contribution < -0.4 is 0 Å². The summed E-state index contributed by atoms with van der Waals surface area (Å²) in [5.41, 5.74) is 0. The summed E-state index contributed by atoms with van der Waals surface area (Å²) in [6.45, 7) is 1.37. The van der Waals surface area contributed by atoms with Crippen molar-refractivity contribution in [3.05, 3.63) is 24.3 Å². The molecule has 0 unspecified atom stereocenters. The van der Waals surface area contributed by atoms with Crippen LogP contribution in [0.4, 0.5) is 0 Å². The van der Waals surface area contributed by atoms with Gasteiger partial charge in [-0.25, -0.2) is 16.8 Å². The third-order valence-electron chi connectivity index (χ3n) is 4.17. The van der Waals surface area contributed by atoms with Gasteiger partial charge in [0.25, 0.3) is 0 Å². The molecule has 0 N–H and O–H groups in total. The second-order valence-corrected chi connectivity index (χ2v) is 9.68. The minimum atomic E-state index is -3.60. The molecule has 1 aromatic rings. The highest BCUT2D eigenvalue weighted by Crippen LogP contribution is 2.30. The van der Waals surface area contributed by atoms with E-state index in [1.807, 2.05) is 0 Å². The molecular formula is C14H20N2O5S2. The molecular weight excluding hydrogens is 340 g/mol. The Hall–Kier alpha value is -1.00. The topological polar surface area (TPSA) is 84.0 Å². The van der Waals surface area contributed by atoms with E-state index in [9.17, 15) is 16.8 Å². The van der Waals surface area contributed by atoms with Crippen LogP contribution in [0.15, 0.2) is 34.1 Å². The van der Waals surface area contributed by atoms with Crippen LogP contribution in [0.5, 0.6) is 0 Å². The summed E-state index contributed by atoms with van der Waals surface area (Å²) in [7, 11) is -5.60. The lowest BCUT2D eigenvalue weighted by atomic mass is 10.4. The van der Waals surface area contributed by atoms with Gasteiger partial charge in [0.2, 0.25) is 20.0 Å². The number of hydrogen-bond acceptors (Lipinski definition) is 5. The van der Waals surface area contributed by atoms with Gasteiger partial charge >= 0.3 is 0 Å². The summed E-state index contributed by atoms with van der Waals surface area (Å²) in [5, 5.41) is 0. The Labute approximate surface area is 136 Å². The monoisotopic (exact) mass is 360 g/mol. The van der Waals surface area contributed by atoms with E-state index in [1.54, 1.807) is 7.05 Å². The van der Waals surface area contributed by atoms with Crippen molar-refractivity contribution in [2.75, 3.05) is 33.4 Å². The number of nitrogens with zero attached hydrogens (tertiary/aromatic N) is 2. The van der Waals surface area contributed by atoms with E-state index in [0.717, 1.165) is 12.8 Å². The second kappa shape index (κ2) is 6.14. The maximum Gasteiger partial charge on any atom is 0.243 e. The molecule has 0 atom stereocenters. The van der Waals surface area contributed by atoms with Crippen molar-refractivity contribution in [3.8, 4) is 0 Å². The Kier molecular flexibility index (Phi) is 4.49. The highest BCUT2D eigenvalue weighted by Gasteiger charge is 2.35. The summed E-state index contributed by atoms with van der Waals surface area (Å²) >= 11 is 0. The Balaban J connectivity index is 1.84. The number of ether oxygens (including phenoxy) is 1. The average Bonchev–Trinajstić information content (AvgIpc) is 3.40. The van der Waals surface area contributed by atoms with Gasteiger partial charge in [-0.2, -0.15) is 8.61 Å². The SMILES string of the molecule is CN(C1CC1)S(=O)(=O)c1ccc(S(=O)(=O)N2CCOCC2)cc1. The van der Waals surface area contributed by atoms with E-state index in [-0.39, 0.29) is 15.8 Å². The van der Waals surface area contributed by atoms with Crippen LogP contribution in [0.25, 0.3) is 0 Å². The van der Waals surface area contributed by atoms with E-state index in [1.165, 1.54) is 32.9 Å². The predicted octanol–water partition coefficient (Wildman–Crippen LogP) is 0.490. The fourth-order valence-corrected chi connectivity index (χ4v) is 5.34. The number of rotatable bonds is 5. The Morgan fingerprint density at radius 3 is 2.04 bits per heavy atom. The van der Waals surface area contributed by atoms with Crippen LogP contribution in [0.1, 0.15) is 12.8 Å². The van der Waals surface area contributed by atoms with Crippen molar-refractivity contribution in [2.45, 2.75) is 28.7 Å². The molecule has 7 nitrogen and oxygen atoms in total. The van der Waals surface area contributed by atoms with Gasteiger partial charge < -0.3 is 4.74 Å². The maximum absolute atomic E-state index is 12.5. The molecule has 3 rings (SSSR count). The highest BCUT2D eigenvalue weighted by atomic mass is 32.2. The second-order valence-electron chi connectivity index (χ2n) is 5.74. The summed E-state index contributed by atoms with van der Waals surface area (Å²) in [6, 6.07) is 5.51. The first-order chi connectivity index (χ1) is 10.8. The van der Waals surface area contributed by atoms with Gasteiger partial charge in [-0.05, 0) is 37.1 Å². The Bertz CT molecular complexity index is 764. The van der Waals surface area contributed by atoms with Crippen LogP contribution >= 0.6 is 0 Å². The molecule has 1 saturated carbocycles. The van der Waals surface area contributed by atoms with Gasteiger partial charge in [0.1, 0.15) is 0 Å². The molecule has 23 heavy (non-hydrogen) atoms. The largest absolute Gasteiger partial charge is 0.379 e. The summed E-state index contributed by atoms with van der Waals surface area (Å²) in [6.07, 6.45) is 1.75. The summed E-state index contributed by atoms with van der Waals surface area (Å²) < 4.78 is 57.7. The average molecular weight is 360 g/mol. The van der Waals surface area contributed by atoms with E-state index in [4.69, 9.17) is 4.74 Å². The normalized spacial score (nSPS) is 20.8. The maximum atomic E-state index is 12.5. The van der Waals surface area contributed by atoms with Gasteiger partial charge in [0.15, 0.2) is 0 Å². The van der Waals surface area contributed by atoms with Gasteiger partial charge in [-0.1, -0.05) is 0 Å². The van der Waals surface area contributed by atoms with Crippen molar-refractivity contribution in [2.24, 2.45) is 0 Å². The van der Waals surface area contributed by atoms with Gasteiger partial charge in [-0.15, -0.1) is 0 Å². The minimum Gasteiger partial charge on any atom is -0.379 e. The van der Waals surface area contributed by atoms with Crippen LogP contribution in [0.2, 0.25) is 0 Å². The molecule has 1 aromatic carbocycles. The van der Waals surface area contributed by atoms with Crippen LogP contribution in [-0.2, 0) is 24.8 Å². The van der Waals surface area contributed by atoms with E-state index in [0.29, 0.717) is 26.3 Å². The lowest BCUT2D eigenvalue weighted by molar-refractivity contribution is 0.0730. The molecule has 0 radical (unpaired) electrons. The van der Waals surface area contributed by atoms with Crippen LogP contribution in [-0.4, -0.2) is 64.8 Å². The zero-order chi connectivity index (χ0) is 16.7. The fourth-order valence-electron chi connectivity index (χ4n) is 2.52. The van der Waals surface area contributed by atoms with E-state index >= 15 is 0 Å². The van der Waals surface area contributed by atoms with Crippen LogP contribution in [0.3, 0.4) is 0 Å². The number of hydrogen-bond donors (Lipinski definition) is 0. The lowest BCUT2D eigenvalue weighted by Gasteiger charge is -2.26. The number of sulfonamides is 2. The number of morpholine rings is 1. The fraction of sp³-hybridized carbons (Fsp3) is 0.571. The molecule has 2 fully saturated rings. The Morgan fingerprint density at radius 2 is 1.52 bits per heavy atom. The van der Waals surface area contributed by atoms with Crippen LogP contribution in [0, 0.1) is 0 Å². The standard InChI is InChI=1S/C14H20N2O5S2/c1-15(12-2-3-12)22(17,18)13-4-6-14(7-5-13)23(19,20)16-8-10-21-11-9-16/h4-7,12H,2-3,8-11H2,1H3. The highest BCUT2D eigenvalue weighted by molar-refractivity contribution is 7.89. The van der Waals surface area contributed by atoms with Crippen molar-refractivity contribution in [1.29, 1.82) is 0 Å².